The van der Waals surface area contributed by atoms with E-state index in [2.05, 4.69) is 13.0 Å². The van der Waals surface area contributed by atoms with E-state index in [4.69, 9.17) is 14.7 Å². The largest absolute Gasteiger partial charge is 0.493 e. The highest BCUT2D eigenvalue weighted by molar-refractivity contribution is 5.82. The highest BCUT2D eigenvalue weighted by Crippen LogP contribution is 2.33. The molecule has 0 radical (unpaired) electrons. The number of benzene rings is 2. The third-order valence-corrected chi connectivity index (χ3v) is 3.23. The van der Waals surface area contributed by atoms with E-state index in [1.165, 1.54) is 0 Å². The van der Waals surface area contributed by atoms with Gasteiger partial charge in [-0.1, -0.05) is 43.3 Å². The van der Waals surface area contributed by atoms with Crippen LogP contribution in [0.2, 0.25) is 0 Å². The molecular formula is C19H19NO2. The minimum absolute atomic E-state index is 0.627. The van der Waals surface area contributed by atoms with Crippen molar-refractivity contribution in [3.05, 3.63) is 65.7 Å². The molecule has 3 nitrogen and oxygen atoms in total. The molecule has 112 valence electrons. The van der Waals surface area contributed by atoms with Crippen molar-refractivity contribution in [2.24, 2.45) is 0 Å². The van der Waals surface area contributed by atoms with Crippen molar-refractivity contribution in [3.8, 4) is 17.6 Å². The highest BCUT2D eigenvalue weighted by Gasteiger charge is 2.10. The van der Waals surface area contributed by atoms with Gasteiger partial charge in [-0.2, -0.15) is 5.26 Å². The summed E-state index contributed by atoms with van der Waals surface area (Å²) < 4.78 is 11.1. The zero-order valence-corrected chi connectivity index (χ0v) is 12.9. The molecule has 2 rings (SSSR count). The lowest BCUT2D eigenvalue weighted by atomic mass is 9.97. The molecule has 0 aliphatic heterocycles. The SMILES string of the molecule is CCCOc1cc(/C(=C/C#N)c2ccccc2)ccc1OC. The van der Waals surface area contributed by atoms with Crippen LogP contribution in [0.3, 0.4) is 0 Å². The number of rotatable bonds is 6. The second kappa shape index (κ2) is 7.90. The lowest BCUT2D eigenvalue weighted by Crippen LogP contribution is -1.99. The fourth-order valence-corrected chi connectivity index (χ4v) is 2.18. The fourth-order valence-electron chi connectivity index (χ4n) is 2.18. The maximum Gasteiger partial charge on any atom is 0.161 e. The summed E-state index contributed by atoms with van der Waals surface area (Å²) in [4.78, 5) is 0. The van der Waals surface area contributed by atoms with Crippen molar-refractivity contribution in [1.29, 1.82) is 5.26 Å². The molecule has 3 heteroatoms. The third-order valence-electron chi connectivity index (χ3n) is 3.23. The van der Waals surface area contributed by atoms with Crippen molar-refractivity contribution in [1.82, 2.24) is 0 Å². The second-order valence-corrected chi connectivity index (χ2v) is 4.77. The van der Waals surface area contributed by atoms with Gasteiger partial charge in [0.2, 0.25) is 0 Å². The van der Waals surface area contributed by atoms with Crippen molar-refractivity contribution in [3.63, 3.8) is 0 Å². The summed E-state index contributed by atoms with van der Waals surface area (Å²) in [5, 5.41) is 9.09. The van der Waals surface area contributed by atoms with Crippen LogP contribution in [-0.4, -0.2) is 13.7 Å². The van der Waals surface area contributed by atoms with Gasteiger partial charge in [0.1, 0.15) is 0 Å². The number of nitrogens with zero attached hydrogens (tertiary/aromatic N) is 1. The van der Waals surface area contributed by atoms with Crippen LogP contribution >= 0.6 is 0 Å². The Balaban J connectivity index is 2.45. The topological polar surface area (TPSA) is 42.2 Å². The van der Waals surface area contributed by atoms with E-state index in [0.29, 0.717) is 18.1 Å². The first-order valence-electron chi connectivity index (χ1n) is 7.26. The Morgan fingerprint density at radius 1 is 1.09 bits per heavy atom. The van der Waals surface area contributed by atoms with E-state index < -0.39 is 0 Å². The number of nitriles is 1. The van der Waals surface area contributed by atoms with E-state index in [9.17, 15) is 0 Å². The Hall–Kier alpha value is -2.73. The molecule has 0 saturated carbocycles. The van der Waals surface area contributed by atoms with Crippen LogP contribution < -0.4 is 9.47 Å². The second-order valence-electron chi connectivity index (χ2n) is 4.77. The monoisotopic (exact) mass is 293 g/mol. The number of hydrogen-bond donors (Lipinski definition) is 0. The van der Waals surface area contributed by atoms with Crippen molar-refractivity contribution < 1.29 is 9.47 Å². The quantitative estimate of drug-likeness (QED) is 0.739. The van der Waals surface area contributed by atoms with Gasteiger partial charge in [-0.25, -0.2) is 0 Å². The van der Waals surface area contributed by atoms with Crippen LogP contribution in [-0.2, 0) is 0 Å². The van der Waals surface area contributed by atoms with Gasteiger partial charge in [-0.3, -0.25) is 0 Å². The zero-order chi connectivity index (χ0) is 15.8. The van der Waals surface area contributed by atoms with E-state index in [0.717, 1.165) is 23.1 Å². The number of methoxy groups -OCH3 is 1. The van der Waals surface area contributed by atoms with E-state index >= 15 is 0 Å². The van der Waals surface area contributed by atoms with E-state index in [1.807, 2.05) is 48.5 Å². The van der Waals surface area contributed by atoms with Crippen LogP contribution in [0.25, 0.3) is 5.57 Å². The predicted octanol–water partition coefficient (Wildman–Crippen LogP) is 4.44. The number of allylic oxidation sites excluding steroid dienone is 1. The predicted molar refractivity (Wildman–Crippen MR) is 87.9 cm³/mol. The number of hydrogen-bond acceptors (Lipinski definition) is 3. The molecule has 0 saturated heterocycles. The molecule has 0 heterocycles. The normalized spacial score (nSPS) is 10.9. The Morgan fingerprint density at radius 3 is 2.50 bits per heavy atom. The molecular weight excluding hydrogens is 274 g/mol. The summed E-state index contributed by atoms with van der Waals surface area (Å²) in [5.74, 6) is 1.39. The molecule has 0 spiro atoms. The summed E-state index contributed by atoms with van der Waals surface area (Å²) in [5.41, 5.74) is 2.79. The Kier molecular flexibility index (Phi) is 5.62. The van der Waals surface area contributed by atoms with Crippen LogP contribution in [0.5, 0.6) is 11.5 Å². The fraction of sp³-hybridized carbons (Fsp3) is 0.211. The van der Waals surface area contributed by atoms with Crippen LogP contribution in [0.1, 0.15) is 24.5 Å². The van der Waals surface area contributed by atoms with Crippen LogP contribution in [0.15, 0.2) is 54.6 Å². The van der Waals surface area contributed by atoms with Gasteiger partial charge in [0.15, 0.2) is 11.5 Å². The summed E-state index contributed by atoms with van der Waals surface area (Å²) in [6.45, 7) is 2.68. The van der Waals surface area contributed by atoms with Crippen LogP contribution in [0.4, 0.5) is 0 Å². The van der Waals surface area contributed by atoms with Gasteiger partial charge in [0.05, 0.1) is 19.8 Å². The Morgan fingerprint density at radius 2 is 1.86 bits per heavy atom. The molecule has 0 amide bonds. The van der Waals surface area contributed by atoms with Gasteiger partial charge in [-0.05, 0) is 35.3 Å². The first-order valence-corrected chi connectivity index (χ1v) is 7.26. The maximum absolute atomic E-state index is 9.09. The summed E-state index contributed by atoms with van der Waals surface area (Å²) in [7, 11) is 1.62. The lowest BCUT2D eigenvalue weighted by Gasteiger charge is -2.13. The average molecular weight is 293 g/mol. The highest BCUT2D eigenvalue weighted by atomic mass is 16.5. The molecule has 2 aromatic carbocycles. The Bertz CT molecular complexity index is 684. The van der Waals surface area contributed by atoms with Gasteiger partial charge in [0.25, 0.3) is 0 Å². The first-order chi connectivity index (χ1) is 10.8. The van der Waals surface area contributed by atoms with Gasteiger partial charge < -0.3 is 9.47 Å². The number of ether oxygens (including phenoxy) is 2. The Labute approximate surface area is 131 Å². The van der Waals surface area contributed by atoms with E-state index in [-0.39, 0.29) is 0 Å². The van der Waals surface area contributed by atoms with Gasteiger partial charge >= 0.3 is 0 Å². The van der Waals surface area contributed by atoms with Crippen molar-refractivity contribution >= 4 is 5.57 Å². The summed E-state index contributed by atoms with van der Waals surface area (Å²) >= 11 is 0. The average Bonchev–Trinajstić information content (AvgIpc) is 2.58. The van der Waals surface area contributed by atoms with Crippen LogP contribution in [0, 0.1) is 11.3 Å². The standard InChI is InChI=1S/C19H19NO2/c1-3-13-22-19-14-16(9-10-18(19)21-2)17(11-12-20)15-7-5-4-6-8-15/h4-11,14H,3,13H2,1-2H3/b17-11+. The minimum Gasteiger partial charge on any atom is -0.493 e. The molecule has 0 aromatic heterocycles. The van der Waals surface area contributed by atoms with Crippen molar-refractivity contribution in [2.75, 3.05) is 13.7 Å². The van der Waals surface area contributed by atoms with Crippen molar-refractivity contribution in [2.45, 2.75) is 13.3 Å². The zero-order valence-electron chi connectivity index (χ0n) is 12.9. The minimum atomic E-state index is 0.627. The molecule has 0 fully saturated rings. The molecule has 0 N–H and O–H groups in total. The molecule has 0 aliphatic rings. The molecule has 0 atom stereocenters. The first kappa shape index (κ1) is 15.7. The lowest BCUT2D eigenvalue weighted by molar-refractivity contribution is 0.294. The smallest absolute Gasteiger partial charge is 0.161 e. The summed E-state index contributed by atoms with van der Waals surface area (Å²) in [6.07, 6.45) is 2.48. The summed E-state index contributed by atoms with van der Waals surface area (Å²) in [6, 6.07) is 17.7. The molecule has 0 unspecified atom stereocenters. The van der Waals surface area contributed by atoms with Gasteiger partial charge in [0, 0.05) is 6.08 Å². The third kappa shape index (κ3) is 3.67. The van der Waals surface area contributed by atoms with E-state index in [1.54, 1.807) is 13.2 Å². The molecule has 22 heavy (non-hydrogen) atoms. The maximum atomic E-state index is 9.09. The van der Waals surface area contributed by atoms with Gasteiger partial charge in [-0.15, -0.1) is 0 Å². The molecule has 0 aliphatic carbocycles. The molecule has 0 bridgehead atoms. The molecule has 2 aromatic rings.